The van der Waals surface area contributed by atoms with E-state index in [1.165, 1.54) is 0 Å². The van der Waals surface area contributed by atoms with Crippen molar-refractivity contribution in [1.82, 2.24) is 0 Å². The summed E-state index contributed by atoms with van der Waals surface area (Å²) in [6, 6.07) is 0. The average Bonchev–Trinajstić information content (AvgIpc) is 2.82. The molecule has 0 aromatic rings. The molecular formula is C27H42Eu2O12. The number of carboxylic acid groups (broad SMARTS) is 6. The predicted octanol–water partition coefficient (Wildman–Crippen LogP) is -2.35. The molecule has 41 heavy (non-hydrogen) atoms. The molecule has 0 aliphatic rings. The van der Waals surface area contributed by atoms with Crippen LogP contribution in [0.15, 0.2) is 0 Å². The molecule has 0 aliphatic heterocycles. The fourth-order valence-electron chi connectivity index (χ4n) is 3.21. The van der Waals surface area contributed by atoms with Crippen LogP contribution in [0.25, 0.3) is 0 Å². The zero-order valence-electron chi connectivity index (χ0n) is 23.5. The van der Waals surface area contributed by atoms with Crippen LogP contribution in [-0.2, 0) is 28.8 Å². The van der Waals surface area contributed by atoms with Crippen LogP contribution in [-0.4, -0.2) is 35.8 Å². The van der Waals surface area contributed by atoms with Gasteiger partial charge in [-0.3, -0.25) is 0 Å². The number of carbonyl (C=O) groups is 6. The van der Waals surface area contributed by atoms with Crippen molar-refractivity contribution in [2.45, 2.75) is 135 Å². The molecular weight excluding hydrogens is 820 g/mol. The first-order chi connectivity index (χ1) is 18.4. The van der Waals surface area contributed by atoms with Gasteiger partial charge in [0.1, 0.15) is 0 Å². The van der Waals surface area contributed by atoms with Gasteiger partial charge in [0.05, 0.1) is 0 Å². The summed E-state index contributed by atoms with van der Waals surface area (Å²) in [5.41, 5.74) is 0. The van der Waals surface area contributed by atoms with Crippen molar-refractivity contribution < 1.29 is 158 Å². The zero-order valence-corrected chi connectivity index (χ0v) is 28.4. The monoisotopic (exact) mass is 864 g/mol. The minimum atomic E-state index is -1.02. The van der Waals surface area contributed by atoms with Gasteiger partial charge in [-0.05, 0) is 77.0 Å². The Labute approximate surface area is 324 Å². The molecule has 0 heterocycles. The maximum atomic E-state index is 9.98. The van der Waals surface area contributed by atoms with Crippen molar-refractivity contribution in [2.75, 3.05) is 0 Å². The molecule has 0 atom stereocenters. The summed E-state index contributed by atoms with van der Waals surface area (Å²) < 4.78 is 0. The standard InChI is InChI=1S/3C9H16O4.2Eu/c3*10-8(11)6-4-2-1-3-5-7-9(12)13;;/h3*1-7H2,(H,10,11)(H,12,13);;/q;;;2*+3/p-6. The largest absolute Gasteiger partial charge is 3.00 e. The van der Waals surface area contributed by atoms with Crippen LogP contribution in [0.5, 0.6) is 0 Å². The summed E-state index contributed by atoms with van der Waals surface area (Å²) in [5.74, 6) is -6.11. The van der Waals surface area contributed by atoms with Crippen molar-refractivity contribution in [3.05, 3.63) is 0 Å². The summed E-state index contributed by atoms with van der Waals surface area (Å²) in [5, 5.41) is 59.9. The average molecular weight is 863 g/mol. The number of hydrogen-bond acceptors (Lipinski definition) is 12. The van der Waals surface area contributed by atoms with Crippen molar-refractivity contribution in [3.63, 3.8) is 0 Å². The Morgan fingerprint density at radius 1 is 0.244 bits per heavy atom. The van der Waals surface area contributed by atoms with Gasteiger partial charge < -0.3 is 59.4 Å². The Morgan fingerprint density at radius 2 is 0.341 bits per heavy atom. The molecule has 14 heteroatoms. The van der Waals surface area contributed by atoms with E-state index < -0.39 is 35.8 Å². The van der Waals surface area contributed by atoms with Gasteiger partial charge >= 0.3 is 98.8 Å². The molecule has 12 nitrogen and oxygen atoms in total. The normalized spacial score (nSPS) is 9.37. The topological polar surface area (TPSA) is 241 Å². The third kappa shape index (κ3) is 64.2. The van der Waals surface area contributed by atoms with Crippen LogP contribution >= 0.6 is 0 Å². The summed E-state index contributed by atoms with van der Waals surface area (Å²) in [6.45, 7) is 0. The van der Waals surface area contributed by atoms with E-state index in [1.807, 2.05) is 0 Å². The molecule has 236 valence electrons. The van der Waals surface area contributed by atoms with Crippen LogP contribution in [0.2, 0.25) is 0 Å². The summed E-state index contributed by atoms with van der Waals surface area (Å²) >= 11 is 0. The Bertz CT molecular complexity index is 543. The Balaban J connectivity index is -0.000000154. The van der Waals surface area contributed by atoms with E-state index in [9.17, 15) is 59.4 Å². The van der Waals surface area contributed by atoms with Crippen LogP contribution in [0.4, 0.5) is 0 Å². The summed E-state index contributed by atoms with van der Waals surface area (Å²) in [4.78, 5) is 59.9. The molecule has 0 bridgehead atoms. The van der Waals surface area contributed by atoms with Crippen LogP contribution in [0, 0.1) is 98.8 Å². The molecule has 0 fully saturated rings. The van der Waals surface area contributed by atoms with E-state index in [2.05, 4.69) is 0 Å². The molecule has 0 spiro atoms. The molecule has 0 aromatic carbocycles. The van der Waals surface area contributed by atoms with Gasteiger partial charge in [0, 0.05) is 35.8 Å². The SMILES string of the molecule is O=C([O-])CCCCCCCC(=O)[O-].O=C([O-])CCCCCCCC(=O)[O-].O=C([O-])CCCCCCCC(=O)[O-].[Eu+3].[Eu+3]. The molecule has 0 radical (unpaired) electrons. The first kappa shape index (κ1) is 50.6. The fourth-order valence-corrected chi connectivity index (χ4v) is 3.21. The smallest absolute Gasteiger partial charge is 0.550 e. The molecule has 0 N–H and O–H groups in total. The molecule has 0 amide bonds. The fraction of sp³-hybridized carbons (Fsp3) is 0.778. The minimum Gasteiger partial charge on any atom is -0.550 e. The number of aliphatic carboxylic acids is 6. The third-order valence-corrected chi connectivity index (χ3v) is 5.29. The zero-order chi connectivity index (χ0) is 30.3. The second kappa shape index (κ2) is 40.0. The predicted molar refractivity (Wildman–Crippen MR) is 127 cm³/mol. The van der Waals surface area contributed by atoms with Gasteiger partial charge in [-0.15, -0.1) is 0 Å². The van der Waals surface area contributed by atoms with Gasteiger partial charge in [-0.2, -0.15) is 0 Å². The van der Waals surface area contributed by atoms with Crippen LogP contribution in [0.3, 0.4) is 0 Å². The first-order valence-corrected chi connectivity index (χ1v) is 13.6. The van der Waals surface area contributed by atoms with Crippen molar-refractivity contribution >= 4 is 35.8 Å². The third-order valence-electron chi connectivity index (χ3n) is 5.29. The Morgan fingerprint density at radius 3 is 0.439 bits per heavy atom. The molecule has 0 unspecified atom stereocenters. The van der Waals surface area contributed by atoms with Crippen molar-refractivity contribution in [1.29, 1.82) is 0 Å². The quantitative estimate of drug-likeness (QED) is 0.0928. The minimum absolute atomic E-state index is 0. The van der Waals surface area contributed by atoms with Gasteiger partial charge in [0.2, 0.25) is 0 Å². The van der Waals surface area contributed by atoms with Crippen LogP contribution < -0.4 is 30.6 Å². The van der Waals surface area contributed by atoms with Gasteiger partial charge in [0.15, 0.2) is 0 Å². The van der Waals surface area contributed by atoms with Gasteiger partial charge in [-0.1, -0.05) is 57.8 Å². The second-order valence-corrected chi connectivity index (χ2v) is 9.04. The molecule has 0 saturated heterocycles. The first-order valence-electron chi connectivity index (χ1n) is 13.6. The van der Waals surface area contributed by atoms with E-state index in [0.717, 1.165) is 57.8 Å². The summed E-state index contributed by atoms with van der Waals surface area (Å²) in [6.07, 6.45) is 11.8. The number of hydrogen-bond donors (Lipinski definition) is 0. The van der Waals surface area contributed by atoms with E-state index in [4.69, 9.17) is 0 Å². The Kier molecular flexibility index (Phi) is 49.4. The summed E-state index contributed by atoms with van der Waals surface area (Å²) in [7, 11) is 0. The Hall–Kier alpha value is -0.0112. The van der Waals surface area contributed by atoms with Crippen molar-refractivity contribution in [2.24, 2.45) is 0 Å². The number of unbranched alkanes of at least 4 members (excludes halogenated alkanes) is 12. The molecule has 0 aliphatic carbocycles. The maximum absolute atomic E-state index is 9.98. The van der Waals surface area contributed by atoms with Crippen LogP contribution in [0.1, 0.15) is 135 Å². The number of carbonyl (C=O) groups excluding carboxylic acids is 6. The molecule has 0 aromatic heterocycles. The number of rotatable bonds is 24. The second-order valence-electron chi connectivity index (χ2n) is 9.04. The van der Waals surface area contributed by atoms with Gasteiger partial charge in [-0.25, -0.2) is 0 Å². The van der Waals surface area contributed by atoms with E-state index in [1.54, 1.807) is 0 Å². The van der Waals surface area contributed by atoms with Crippen molar-refractivity contribution in [3.8, 4) is 0 Å². The maximum Gasteiger partial charge on any atom is 3.00 e. The van der Waals surface area contributed by atoms with E-state index in [-0.39, 0.29) is 137 Å². The number of carboxylic acids is 6. The molecule has 0 rings (SSSR count). The van der Waals surface area contributed by atoms with E-state index >= 15 is 0 Å². The van der Waals surface area contributed by atoms with Gasteiger partial charge in [0.25, 0.3) is 0 Å². The van der Waals surface area contributed by atoms with E-state index in [0.29, 0.717) is 38.5 Å². The molecule has 0 saturated carbocycles.